The molecule has 27 heavy (non-hydrogen) atoms. The summed E-state index contributed by atoms with van der Waals surface area (Å²) in [6.45, 7) is 13.6. The van der Waals surface area contributed by atoms with E-state index in [1.54, 1.807) is 33.8 Å². The quantitative estimate of drug-likeness (QED) is 0.398. The first-order valence-electron chi connectivity index (χ1n) is 9.08. The number of aryl methyl sites for hydroxylation is 2. The van der Waals surface area contributed by atoms with Gasteiger partial charge in [0, 0.05) is 12.2 Å². The molecule has 0 saturated heterocycles. The summed E-state index contributed by atoms with van der Waals surface area (Å²) < 4.78 is 5.29. The Labute approximate surface area is 161 Å². The number of nitrogens with two attached hydrogens (primary N) is 1. The Morgan fingerprint density at radius 1 is 1.07 bits per heavy atom. The van der Waals surface area contributed by atoms with Gasteiger partial charge in [-0.15, -0.1) is 0 Å². The normalized spacial score (nSPS) is 14.6. The third kappa shape index (κ3) is 4.87. The summed E-state index contributed by atoms with van der Waals surface area (Å²) in [7, 11) is 0. The van der Waals surface area contributed by atoms with Gasteiger partial charge in [0.25, 0.3) is 0 Å². The predicted octanol–water partition coefficient (Wildman–Crippen LogP) is 2.91. The van der Waals surface area contributed by atoms with Crippen LogP contribution in [0, 0.1) is 13.8 Å². The van der Waals surface area contributed by atoms with Crippen LogP contribution in [0.15, 0.2) is 6.07 Å². The summed E-state index contributed by atoms with van der Waals surface area (Å²) >= 11 is 0. The molecule has 0 unspecified atom stereocenters. The summed E-state index contributed by atoms with van der Waals surface area (Å²) in [5.74, 6) is -1.75. The molecule has 6 nitrogen and oxygen atoms in total. The van der Waals surface area contributed by atoms with Crippen molar-refractivity contribution in [2.75, 3.05) is 6.61 Å². The summed E-state index contributed by atoms with van der Waals surface area (Å²) in [5.41, 5.74) is 4.66. The van der Waals surface area contributed by atoms with Gasteiger partial charge in [-0.05, 0) is 64.5 Å². The van der Waals surface area contributed by atoms with E-state index in [9.17, 15) is 19.8 Å². The SMILES string of the molecule is Cc1cc(C)c(C(C)(C)CCO)c(O)c1C(=O)[C@](C)(N)C(=O)OC(C)(C)C. The van der Waals surface area contributed by atoms with Crippen LogP contribution in [0.25, 0.3) is 0 Å². The number of ketones is 1. The Morgan fingerprint density at radius 3 is 2.04 bits per heavy atom. The van der Waals surface area contributed by atoms with Crippen molar-refractivity contribution in [3.05, 3.63) is 28.3 Å². The molecule has 0 aromatic heterocycles. The molecule has 0 aliphatic heterocycles. The van der Waals surface area contributed by atoms with E-state index in [0.717, 1.165) is 5.56 Å². The Hall–Kier alpha value is -1.92. The van der Waals surface area contributed by atoms with E-state index in [1.165, 1.54) is 6.92 Å². The average molecular weight is 379 g/mol. The number of ether oxygens (including phenoxy) is 1. The molecule has 1 rings (SSSR count). The first kappa shape index (κ1) is 23.1. The van der Waals surface area contributed by atoms with E-state index >= 15 is 0 Å². The maximum absolute atomic E-state index is 13.1. The number of rotatable bonds is 6. The van der Waals surface area contributed by atoms with Crippen molar-refractivity contribution in [2.45, 2.75) is 78.4 Å². The lowest BCUT2D eigenvalue weighted by Gasteiger charge is -2.31. The van der Waals surface area contributed by atoms with Gasteiger partial charge in [-0.3, -0.25) is 4.79 Å². The molecule has 0 radical (unpaired) electrons. The van der Waals surface area contributed by atoms with Gasteiger partial charge in [-0.2, -0.15) is 0 Å². The van der Waals surface area contributed by atoms with Crippen molar-refractivity contribution < 1.29 is 24.5 Å². The van der Waals surface area contributed by atoms with E-state index in [0.29, 0.717) is 17.5 Å². The summed E-state index contributed by atoms with van der Waals surface area (Å²) in [4.78, 5) is 25.6. The van der Waals surface area contributed by atoms with E-state index in [2.05, 4.69) is 0 Å². The van der Waals surface area contributed by atoms with E-state index in [1.807, 2.05) is 20.8 Å². The number of aromatic hydroxyl groups is 1. The monoisotopic (exact) mass is 379 g/mol. The Bertz CT molecular complexity index is 742. The van der Waals surface area contributed by atoms with Gasteiger partial charge in [0.2, 0.25) is 0 Å². The van der Waals surface area contributed by atoms with Crippen molar-refractivity contribution in [3.63, 3.8) is 0 Å². The minimum absolute atomic E-state index is 0.0115. The topological polar surface area (TPSA) is 110 Å². The summed E-state index contributed by atoms with van der Waals surface area (Å²) in [6.07, 6.45) is 0.407. The molecule has 1 aromatic carbocycles. The number of phenolic OH excluding ortho intramolecular Hbond substituents is 1. The smallest absolute Gasteiger partial charge is 0.334 e. The molecule has 1 aromatic rings. The number of Topliss-reactive ketones (excluding diaryl/α,β-unsaturated/α-hetero) is 1. The number of phenols is 1. The fourth-order valence-electron chi connectivity index (χ4n) is 3.25. The fourth-order valence-corrected chi connectivity index (χ4v) is 3.25. The molecule has 0 saturated carbocycles. The lowest BCUT2D eigenvalue weighted by molar-refractivity contribution is -0.158. The lowest BCUT2D eigenvalue weighted by atomic mass is 9.76. The molecule has 4 N–H and O–H groups in total. The number of aliphatic hydroxyl groups is 1. The molecule has 0 aliphatic rings. The molecular weight excluding hydrogens is 346 g/mol. The van der Waals surface area contributed by atoms with Crippen LogP contribution in [0.3, 0.4) is 0 Å². The third-order valence-corrected chi connectivity index (χ3v) is 4.63. The van der Waals surface area contributed by atoms with Crippen molar-refractivity contribution in [3.8, 4) is 5.75 Å². The minimum Gasteiger partial charge on any atom is -0.507 e. The average Bonchev–Trinajstić information content (AvgIpc) is 2.43. The molecule has 0 bridgehead atoms. The zero-order chi connectivity index (χ0) is 21.4. The molecular formula is C21H33NO5. The number of aliphatic hydroxyl groups excluding tert-OH is 1. The van der Waals surface area contributed by atoms with Crippen LogP contribution in [0.2, 0.25) is 0 Å². The number of esters is 1. The fraction of sp³-hybridized carbons (Fsp3) is 0.619. The number of hydrogen-bond acceptors (Lipinski definition) is 6. The molecule has 6 heteroatoms. The molecule has 0 fully saturated rings. The highest BCUT2D eigenvalue weighted by Crippen LogP contribution is 2.40. The highest BCUT2D eigenvalue weighted by molar-refractivity contribution is 6.17. The van der Waals surface area contributed by atoms with Crippen LogP contribution in [-0.2, 0) is 14.9 Å². The number of hydrogen-bond donors (Lipinski definition) is 3. The zero-order valence-corrected chi connectivity index (χ0v) is 17.7. The standard InChI is InChI=1S/C21H33NO5/c1-12-11-13(2)15(20(6,7)9-10-23)16(24)14(12)17(25)21(8,22)18(26)27-19(3,4)5/h11,23-24H,9-10,22H2,1-8H3/t21-/m0/s1. The number of carbonyl (C=O) groups excluding carboxylic acids is 2. The first-order valence-corrected chi connectivity index (χ1v) is 9.08. The molecule has 152 valence electrons. The Balaban J connectivity index is 3.54. The molecule has 0 amide bonds. The maximum atomic E-state index is 13.1. The van der Waals surface area contributed by atoms with Crippen LogP contribution < -0.4 is 5.73 Å². The highest BCUT2D eigenvalue weighted by Gasteiger charge is 2.43. The van der Waals surface area contributed by atoms with Crippen LogP contribution in [-0.4, -0.2) is 39.7 Å². The van der Waals surface area contributed by atoms with Gasteiger partial charge in [0.05, 0.1) is 5.56 Å². The van der Waals surface area contributed by atoms with Gasteiger partial charge in [0.15, 0.2) is 11.3 Å². The van der Waals surface area contributed by atoms with Crippen LogP contribution in [0.5, 0.6) is 5.75 Å². The third-order valence-electron chi connectivity index (χ3n) is 4.63. The van der Waals surface area contributed by atoms with Crippen molar-refractivity contribution >= 4 is 11.8 Å². The second kappa shape index (κ2) is 7.60. The van der Waals surface area contributed by atoms with Gasteiger partial charge < -0.3 is 20.7 Å². The molecule has 0 heterocycles. The highest BCUT2D eigenvalue weighted by atomic mass is 16.6. The first-order chi connectivity index (χ1) is 12.1. The Kier molecular flexibility index (Phi) is 6.51. The van der Waals surface area contributed by atoms with Crippen LogP contribution in [0.4, 0.5) is 0 Å². The van der Waals surface area contributed by atoms with E-state index in [-0.39, 0.29) is 17.9 Å². The van der Waals surface area contributed by atoms with Gasteiger partial charge >= 0.3 is 5.97 Å². The molecule has 0 aliphatic carbocycles. The molecule has 0 spiro atoms. The molecule has 1 atom stereocenters. The predicted molar refractivity (Wildman–Crippen MR) is 105 cm³/mol. The van der Waals surface area contributed by atoms with Gasteiger partial charge in [-0.25, -0.2) is 4.79 Å². The minimum atomic E-state index is -1.94. The van der Waals surface area contributed by atoms with Crippen LogP contribution in [0.1, 0.15) is 75.0 Å². The Morgan fingerprint density at radius 2 is 1.59 bits per heavy atom. The number of carbonyl (C=O) groups is 2. The maximum Gasteiger partial charge on any atom is 0.334 e. The van der Waals surface area contributed by atoms with Crippen molar-refractivity contribution in [2.24, 2.45) is 5.73 Å². The summed E-state index contributed by atoms with van der Waals surface area (Å²) in [6, 6.07) is 1.78. The number of benzene rings is 1. The second-order valence-corrected chi connectivity index (χ2v) is 9.00. The van der Waals surface area contributed by atoms with Crippen molar-refractivity contribution in [1.82, 2.24) is 0 Å². The van der Waals surface area contributed by atoms with Crippen molar-refractivity contribution in [1.29, 1.82) is 0 Å². The van der Waals surface area contributed by atoms with Crippen LogP contribution >= 0.6 is 0 Å². The van der Waals surface area contributed by atoms with E-state index in [4.69, 9.17) is 10.5 Å². The van der Waals surface area contributed by atoms with E-state index < -0.39 is 28.3 Å². The summed E-state index contributed by atoms with van der Waals surface area (Å²) in [5, 5.41) is 20.3. The lowest BCUT2D eigenvalue weighted by Crippen LogP contribution is -2.55. The van der Waals surface area contributed by atoms with Gasteiger partial charge in [0.1, 0.15) is 11.4 Å². The zero-order valence-electron chi connectivity index (χ0n) is 17.7. The second-order valence-electron chi connectivity index (χ2n) is 9.00. The largest absolute Gasteiger partial charge is 0.507 e. The van der Waals surface area contributed by atoms with Gasteiger partial charge in [-0.1, -0.05) is 19.9 Å².